The molecule has 0 aliphatic rings. The van der Waals surface area contributed by atoms with E-state index >= 15 is 0 Å². The van der Waals surface area contributed by atoms with Crippen LogP contribution in [0.4, 0.5) is 5.69 Å². The number of aryl methyl sites for hydroxylation is 1. The molecule has 0 bridgehead atoms. The van der Waals surface area contributed by atoms with Crippen LogP contribution >= 0.6 is 11.3 Å². The molecule has 2 aromatic carbocycles. The number of rotatable bonds is 7. The molecule has 0 atom stereocenters. The fourth-order valence-electron chi connectivity index (χ4n) is 2.60. The molecular formula is C21H21N3O3S2. The molecule has 8 heteroatoms. The van der Waals surface area contributed by atoms with Crippen molar-refractivity contribution in [3.05, 3.63) is 82.6 Å². The lowest BCUT2D eigenvalue weighted by atomic mass is 10.2. The van der Waals surface area contributed by atoms with Crippen LogP contribution in [0.3, 0.4) is 0 Å². The van der Waals surface area contributed by atoms with Crippen LogP contribution < -0.4 is 9.73 Å². The van der Waals surface area contributed by atoms with E-state index in [1.54, 1.807) is 49.4 Å². The molecule has 0 aliphatic carbocycles. The number of sulfonamides is 1. The molecular weight excluding hydrogens is 406 g/mol. The quantitative estimate of drug-likeness (QED) is 0.460. The third kappa shape index (κ3) is 5.10. The van der Waals surface area contributed by atoms with Gasteiger partial charge in [-0.05, 0) is 49.6 Å². The summed E-state index contributed by atoms with van der Waals surface area (Å²) in [5, 5.41) is 6.01. The van der Waals surface area contributed by atoms with Crippen LogP contribution in [-0.4, -0.2) is 26.6 Å². The molecule has 0 unspecified atom stereocenters. The van der Waals surface area contributed by atoms with E-state index in [2.05, 4.69) is 10.5 Å². The third-order valence-electron chi connectivity index (χ3n) is 4.17. The minimum atomic E-state index is -3.92. The number of carbonyl (C=O) groups is 1. The molecule has 1 N–H and O–H groups in total. The molecule has 0 spiro atoms. The summed E-state index contributed by atoms with van der Waals surface area (Å²) in [5.74, 6) is -0.527. The number of hydrogen-bond acceptors (Lipinski definition) is 5. The molecule has 3 aromatic rings. The maximum Gasteiger partial charge on any atom is 0.264 e. The van der Waals surface area contributed by atoms with Gasteiger partial charge in [-0.15, -0.1) is 11.3 Å². The van der Waals surface area contributed by atoms with E-state index in [-0.39, 0.29) is 11.4 Å². The predicted octanol–water partition coefficient (Wildman–Crippen LogP) is 3.79. The molecule has 3 rings (SSSR count). The Balaban J connectivity index is 1.86. The molecule has 1 heterocycles. The summed E-state index contributed by atoms with van der Waals surface area (Å²) in [7, 11) is -3.92. The van der Waals surface area contributed by atoms with E-state index in [0.717, 1.165) is 14.7 Å². The standard InChI is InChI=1S/C21H21N3O3S2/c1-16-10-12-18(13-11-16)24(29(26,27)19-7-4-3-5-8-19)15-21(25)23-22-17(2)20-9-6-14-28-20/h3-14H,15H2,1-2H3,(H,23,25)/b22-17-. The molecule has 29 heavy (non-hydrogen) atoms. The van der Waals surface area contributed by atoms with E-state index in [0.29, 0.717) is 11.4 Å². The third-order valence-corrected chi connectivity index (χ3v) is 6.93. The monoisotopic (exact) mass is 427 g/mol. The van der Waals surface area contributed by atoms with Crippen molar-refractivity contribution in [1.29, 1.82) is 0 Å². The minimum Gasteiger partial charge on any atom is -0.271 e. The van der Waals surface area contributed by atoms with Crippen molar-refractivity contribution < 1.29 is 13.2 Å². The SMILES string of the molecule is C/C(=N/NC(=O)CN(c1ccc(C)cc1)S(=O)(=O)c1ccccc1)c1cccs1. The van der Waals surface area contributed by atoms with Crippen LogP contribution in [0.25, 0.3) is 0 Å². The van der Waals surface area contributed by atoms with Crippen LogP contribution in [0.2, 0.25) is 0 Å². The minimum absolute atomic E-state index is 0.117. The number of anilines is 1. The second-order valence-electron chi connectivity index (χ2n) is 6.37. The summed E-state index contributed by atoms with van der Waals surface area (Å²) in [6, 6.07) is 18.8. The number of carbonyl (C=O) groups excluding carboxylic acids is 1. The second-order valence-corrected chi connectivity index (χ2v) is 9.18. The molecule has 0 aliphatic heterocycles. The molecule has 0 radical (unpaired) electrons. The van der Waals surface area contributed by atoms with Gasteiger partial charge in [0.15, 0.2) is 0 Å². The molecule has 6 nitrogen and oxygen atoms in total. The Morgan fingerprint density at radius 2 is 1.72 bits per heavy atom. The summed E-state index contributed by atoms with van der Waals surface area (Å²) in [5.41, 5.74) is 4.51. The van der Waals surface area contributed by atoms with Crippen LogP contribution in [0, 0.1) is 6.92 Å². The highest BCUT2D eigenvalue weighted by Crippen LogP contribution is 2.23. The van der Waals surface area contributed by atoms with Gasteiger partial charge in [0, 0.05) is 4.88 Å². The number of thiophene rings is 1. The Hall–Kier alpha value is -2.97. The normalized spacial score (nSPS) is 11.9. The Bertz CT molecular complexity index is 1090. The van der Waals surface area contributed by atoms with Gasteiger partial charge in [-0.3, -0.25) is 9.10 Å². The van der Waals surface area contributed by atoms with Crippen LogP contribution in [0.15, 0.2) is 82.1 Å². The highest BCUT2D eigenvalue weighted by Gasteiger charge is 2.27. The van der Waals surface area contributed by atoms with Crippen molar-refractivity contribution >= 4 is 38.7 Å². The van der Waals surface area contributed by atoms with Crippen LogP contribution in [-0.2, 0) is 14.8 Å². The van der Waals surface area contributed by atoms with Crippen molar-refractivity contribution in [3.8, 4) is 0 Å². The average Bonchev–Trinajstić information content (AvgIpc) is 3.26. The highest BCUT2D eigenvalue weighted by atomic mass is 32.2. The van der Waals surface area contributed by atoms with Crippen molar-refractivity contribution in [2.45, 2.75) is 18.7 Å². The van der Waals surface area contributed by atoms with Crippen LogP contribution in [0.1, 0.15) is 17.4 Å². The van der Waals surface area contributed by atoms with Gasteiger partial charge in [-0.2, -0.15) is 5.10 Å². The molecule has 1 aromatic heterocycles. The fourth-order valence-corrected chi connectivity index (χ4v) is 4.72. The number of benzene rings is 2. The first-order chi connectivity index (χ1) is 13.9. The Morgan fingerprint density at radius 3 is 2.34 bits per heavy atom. The molecule has 150 valence electrons. The summed E-state index contributed by atoms with van der Waals surface area (Å²) in [4.78, 5) is 13.6. The van der Waals surface area contributed by atoms with Gasteiger partial charge in [-0.1, -0.05) is 42.0 Å². The Morgan fingerprint density at radius 1 is 1.03 bits per heavy atom. The molecule has 1 amide bonds. The Kier molecular flexibility index (Phi) is 6.46. The fraction of sp³-hybridized carbons (Fsp3) is 0.143. The zero-order chi connectivity index (χ0) is 20.9. The first-order valence-corrected chi connectivity index (χ1v) is 11.2. The van der Waals surface area contributed by atoms with Gasteiger partial charge in [0.05, 0.1) is 16.3 Å². The lowest BCUT2D eigenvalue weighted by Crippen LogP contribution is -2.39. The van der Waals surface area contributed by atoms with Crippen LogP contribution in [0.5, 0.6) is 0 Å². The maximum atomic E-state index is 13.2. The Labute approximate surface area is 174 Å². The second kappa shape index (κ2) is 9.02. The van der Waals surface area contributed by atoms with Gasteiger partial charge in [0.25, 0.3) is 15.9 Å². The highest BCUT2D eigenvalue weighted by molar-refractivity contribution is 7.92. The molecule has 0 saturated carbocycles. The summed E-state index contributed by atoms with van der Waals surface area (Å²) < 4.78 is 27.5. The molecule has 0 fully saturated rings. The van der Waals surface area contributed by atoms with Gasteiger partial charge >= 0.3 is 0 Å². The predicted molar refractivity (Wildman–Crippen MR) is 117 cm³/mol. The number of hydrogen-bond donors (Lipinski definition) is 1. The average molecular weight is 428 g/mol. The van der Waals surface area contributed by atoms with E-state index in [1.165, 1.54) is 23.5 Å². The van der Waals surface area contributed by atoms with Gasteiger partial charge in [0.1, 0.15) is 6.54 Å². The lowest BCUT2D eigenvalue weighted by Gasteiger charge is -2.23. The zero-order valence-electron chi connectivity index (χ0n) is 16.1. The largest absolute Gasteiger partial charge is 0.271 e. The van der Waals surface area contributed by atoms with Crippen molar-refractivity contribution in [1.82, 2.24) is 5.43 Å². The summed E-state index contributed by atoms with van der Waals surface area (Å²) in [6.45, 7) is 3.31. The van der Waals surface area contributed by atoms with Gasteiger partial charge in [-0.25, -0.2) is 13.8 Å². The topological polar surface area (TPSA) is 78.8 Å². The number of nitrogens with one attached hydrogen (secondary N) is 1. The summed E-state index contributed by atoms with van der Waals surface area (Å²) in [6.07, 6.45) is 0. The molecule has 0 saturated heterocycles. The number of nitrogens with zero attached hydrogens (tertiary/aromatic N) is 2. The smallest absolute Gasteiger partial charge is 0.264 e. The van der Waals surface area contributed by atoms with E-state index in [9.17, 15) is 13.2 Å². The first kappa shape index (κ1) is 20.8. The van der Waals surface area contributed by atoms with E-state index in [1.807, 2.05) is 24.4 Å². The first-order valence-electron chi connectivity index (χ1n) is 8.89. The van der Waals surface area contributed by atoms with E-state index < -0.39 is 15.9 Å². The van der Waals surface area contributed by atoms with Gasteiger partial charge in [0.2, 0.25) is 0 Å². The summed E-state index contributed by atoms with van der Waals surface area (Å²) >= 11 is 1.51. The van der Waals surface area contributed by atoms with Crippen molar-refractivity contribution in [2.75, 3.05) is 10.8 Å². The van der Waals surface area contributed by atoms with Gasteiger partial charge < -0.3 is 0 Å². The number of amides is 1. The maximum absolute atomic E-state index is 13.2. The number of hydrazone groups is 1. The van der Waals surface area contributed by atoms with Crippen molar-refractivity contribution in [3.63, 3.8) is 0 Å². The van der Waals surface area contributed by atoms with Crippen molar-refractivity contribution in [2.24, 2.45) is 5.10 Å². The lowest BCUT2D eigenvalue weighted by molar-refractivity contribution is -0.119. The zero-order valence-corrected chi connectivity index (χ0v) is 17.7. The van der Waals surface area contributed by atoms with E-state index in [4.69, 9.17) is 0 Å².